The van der Waals surface area contributed by atoms with Gasteiger partial charge in [-0.2, -0.15) is 0 Å². The topological polar surface area (TPSA) is 172 Å². The highest BCUT2D eigenvalue weighted by Crippen LogP contribution is 2.27. The molecule has 0 spiro atoms. The van der Waals surface area contributed by atoms with Crippen molar-refractivity contribution < 1.29 is 54.1 Å². The highest BCUT2D eigenvalue weighted by molar-refractivity contribution is 5.92. The Morgan fingerprint density at radius 1 is 1.18 bits per heavy atom. The minimum Gasteiger partial charge on any atom is -0.508 e. The lowest BCUT2D eigenvalue weighted by Gasteiger charge is -2.39. The Labute approximate surface area is 189 Å². The number of hydrogen-bond acceptors (Lipinski definition) is 11. The van der Waals surface area contributed by atoms with Crippen molar-refractivity contribution >= 4 is 11.8 Å². The van der Waals surface area contributed by atoms with E-state index in [0.717, 1.165) is 12.2 Å². The van der Waals surface area contributed by atoms with Gasteiger partial charge in [0.1, 0.15) is 54.2 Å². The van der Waals surface area contributed by atoms with Crippen LogP contribution in [0.15, 0.2) is 48.6 Å². The number of esters is 1. The molecule has 33 heavy (non-hydrogen) atoms. The van der Waals surface area contributed by atoms with Crippen molar-refractivity contribution in [1.29, 1.82) is 0 Å². The van der Waals surface area contributed by atoms with Crippen LogP contribution in [-0.2, 0) is 23.8 Å². The van der Waals surface area contributed by atoms with E-state index < -0.39 is 55.0 Å². The predicted molar refractivity (Wildman–Crippen MR) is 110 cm³/mol. The summed E-state index contributed by atoms with van der Waals surface area (Å²) >= 11 is 0. The quantitative estimate of drug-likeness (QED) is 0.245. The molecule has 1 aliphatic carbocycles. The van der Waals surface area contributed by atoms with Crippen LogP contribution in [0, 0.1) is 0 Å². The highest BCUT2D eigenvalue weighted by atomic mass is 16.7. The molecule has 1 heterocycles. The van der Waals surface area contributed by atoms with Crippen molar-refractivity contribution in [3.8, 4) is 11.5 Å². The molecule has 0 radical (unpaired) electrons. The van der Waals surface area contributed by atoms with E-state index in [0.29, 0.717) is 0 Å². The molecule has 7 atom stereocenters. The van der Waals surface area contributed by atoms with Crippen LogP contribution in [-0.4, -0.2) is 93.4 Å². The first-order valence-electron chi connectivity index (χ1n) is 10.1. The summed E-state index contributed by atoms with van der Waals surface area (Å²) in [6.45, 7) is -0.496. The fourth-order valence-electron chi connectivity index (χ4n) is 3.41. The molecule has 0 bridgehead atoms. The molecular formula is C22H26O11. The fraction of sp³-hybridized carbons (Fsp3) is 0.455. The van der Waals surface area contributed by atoms with E-state index in [-0.39, 0.29) is 23.7 Å². The second kappa shape index (κ2) is 10.4. The molecule has 1 fully saturated rings. The van der Waals surface area contributed by atoms with E-state index in [1.165, 1.54) is 43.5 Å². The molecule has 11 nitrogen and oxygen atoms in total. The number of phenolic OH excluding ortho intramolecular Hbond substituents is 1. The summed E-state index contributed by atoms with van der Waals surface area (Å²) in [4.78, 5) is 23.6. The zero-order valence-electron chi connectivity index (χ0n) is 17.7. The van der Waals surface area contributed by atoms with Crippen LogP contribution in [0.3, 0.4) is 0 Å². The number of ether oxygens (including phenoxy) is 4. The smallest absolute Gasteiger partial charge is 0.330 e. The molecular weight excluding hydrogens is 440 g/mol. The number of aliphatic hydroxyl groups is 4. The van der Waals surface area contributed by atoms with Crippen molar-refractivity contribution in [2.24, 2.45) is 0 Å². The Bertz CT molecular complexity index is 896. The molecule has 3 rings (SSSR count). The first-order valence-corrected chi connectivity index (χ1v) is 10.1. The number of methoxy groups -OCH3 is 1. The van der Waals surface area contributed by atoms with E-state index in [1.54, 1.807) is 0 Å². The summed E-state index contributed by atoms with van der Waals surface area (Å²) in [5, 5.41) is 50.4. The average molecular weight is 466 g/mol. The third kappa shape index (κ3) is 5.96. The molecule has 0 aromatic heterocycles. The molecule has 0 amide bonds. The Hall–Kier alpha value is -2.80. The van der Waals surface area contributed by atoms with Crippen LogP contribution in [0.1, 0.15) is 6.42 Å². The zero-order valence-corrected chi connectivity index (χ0v) is 17.7. The predicted octanol–water partition coefficient (Wildman–Crippen LogP) is -1.05. The molecule has 1 saturated heterocycles. The molecule has 1 aromatic rings. The van der Waals surface area contributed by atoms with E-state index in [2.05, 4.69) is 0 Å². The SMILES string of the molecule is CO[C@@H]1CC(=O)C=C[C@@]1(O)/C=C/C(=O)OC[C@H]1O[C@@H](Oc2ccc(O)cc2)[C@H](O)[C@@H](O)[C@@H]1O. The largest absolute Gasteiger partial charge is 0.508 e. The van der Waals surface area contributed by atoms with Crippen LogP contribution in [0.5, 0.6) is 11.5 Å². The maximum absolute atomic E-state index is 12.1. The molecule has 2 aliphatic rings. The second-order valence-electron chi connectivity index (χ2n) is 7.71. The number of aliphatic hydroxyl groups excluding tert-OH is 3. The number of hydrogen-bond donors (Lipinski definition) is 5. The van der Waals surface area contributed by atoms with Crippen molar-refractivity contribution in [2.45, 2.75) is 48.8 Å². The summed E-state index contributed by atoms with van der Waals surface area (Å²) in [5.74, 6) is -0.900. The molecule has 0 saturated carbocycles. The number of carbonyl (C=O) groups is 2. The molecule has 5 N–H and O–H groups in total. The maximum atomic E-state index is 12.1. The van der Waals surface area contributed by atoms with Crippen LogP contribution < -0.4 is 4.74 Å². The van der Waals surface area contributed by atoms with Gasteiger partial charge in [0.2, 0.25) is 6.29 Å². The van der Waals surface area contributed by atoms with Gasteiger partial charge >= 0.3 is 5.97 Å². The Morgan fingerprint density at radius 2 is 1.88 bits per heavy atom. The van der Waals surface area contributed by atoms with E-state index in [4.69, 9.17) is 18.9 Å². The first-order chi connectivity index (χ1) is 15.6. The standard InChI is InChI=1S/C22H26O11/c1-30-16-10-13(24)6-8-22(16,29)9-7-17(25)31-11-15-18(26)19(27)20(28)21(33-15)32-14-4-2-12(23)3-5-14/h2-9,15-16,18-21,23,26-29H,10-11H2,1H3/b9-7+/t15-,16-,18-,19+,20-,21-,22-/m1/s1. The van der Waals surface area contributed by atoms with E-state index in [1.807, 2.05) is 0 Å². The Morgan fingerprint density at radius 3 is 2.55 bits per heavy atom. The molecule has 1 aliphatic heterocycles. The Kier molecular flexibility index (Phi) is 7.84. The van der Waals surface area contributed by atoms with E-state index >= 15 is 0 Å². The van der Waals surface area contributed by atoms with Crippen LogP contribution in [0.4, 0.5) is 0 Å². The highest BCUT2D eigenvalue weighted by Gasteiger charge is 2.45. The van der Waals surface area contributed by atoms with Gasteiger partial charge in [0.25, 0.3) is 0 Å². The van der Waals surface area contributed by atoms with Gasteiger partial charge in [-0.1, -0.05) is 0 Å². The maximum Gasteiger partial charge on any atom is 0.330 e. The van der Waals surface area contributed by atoms with Gasteiger partial charge in [0.05, 0.1) is 0 Å². The van der Waals surface area contributed by atoms with Crippen molar-refractivity contribution in [3.63, 3.8) is 0 Å². The molecule has 11 heteroatoms. The minimum atomic E-state index is -1.69. The number of benzene rings is 1. The second-order valence-corrected chi connectivity index (χ2v) is 7.71. The monoisotopic (exact) mass is 466 g/mol. The first kappa shape index (κ1) is 24.8. The van der Waals surface area contributed by atoms with Gasteiger partial charge in [-0.3, -0.25) is 4.79 Å². The fourth-order valence-corrected chi connectivity index (χ4v) is 3.41. The van der Waals surface area contributed by atoms with Crippen LogP contribution in [0.25, 0.3) is 0 Å². The van der Waals surface area contributed by atoms with Gasteiger partial charge in [0, 0.05) is 19.6 Å². The lowest BCUT2D eigenvalue weighted by atomic mass is 9.87. The van der Waals surface area contributed by atoms with Crippen molar-refractivity contribution in [3.05, 3.63) is 48.6 Å². The number of allylic oxidation sites excluding steroid dienone is 1. The third-order valence-electron chi connectivity index (χ3n) is 5.36. The van der Waals surface area contributed by atoms with Crippen LogP contribution >= 0.6 is 0 Å². The number of carbonyl (C=O) groups excluding carboxylic acids is 2. The normalized spacial score (nSPS) is 34.4. The molecule has 180 valence electrons. The number of aromatic hydroxyl groups is 1. The Balaban J connectivity index is 1.60. The van der Waals surface area contributed by atoms with Gasteiger partial charge in [-0.15, -0.1) is 0 Å². The van der Waals surface area contributed by atoms with Crippen LogP contribution in [0.2, 0.25) is 0 Å². The zero-order chi connectivity index (χ0) is 24.2. The van der Waals surface area contributed by atoms with Crippen molar-refractivity contribution in [2.75, 3.05) is 13.7 Å². The van der Waals surface area contributed by atoms with Gasteiger partial charge in [-0.25, -0.2) is 4.79 Å². The summed E-state index contributed by atoms with van der Waals surface area (Å²) in [7, 11) is 1.33. The van der Waals surface area contributed by atoms with Crippen molar-refractivity contribution in [1.82, 2.24) is 0 Å². The summed E-state index contributed by atoms with van der Waals surface area (Å²) in [6.07, 6.45) is -3.90. The number of ketones is 1. The molecule has 1 aromatic carbocycles. The molecule has 0 unspecified atom stereocenters. The summed E-state index contributed by atoms with van der Waals surface area (Å²) < 4.78 is 21.1. The lowest BCUT2D eigenvalue weighted by Crippen LogP contribution is -2.60. The summed E-state index contributed by atoms with van der Waals surface area (Å²) in [5.41, 5.74) is -1.69. The number of phenols is 1. The summed E-state index contributed by atoms with van der Waals surface area (Å²) in [6, 6.07) is 5.52. The lowest BCUT2D eigenvalue weighted by molar-refractivity contribution is -0.278. The number of rotatable bonds is 7. The minimum absolute atomic E-state index is 0.00226. The van der Waals surface area contributed by atoms with Gasteiger partial charge < -0.3 is 44.5 Å². The van der Waals surface area contributed by atoms with Gasteiger partial charge in [0.15, 0.2) is 5.78 Å². The van der Waals surface area contributed by atoms with E-state index in [9.17, 15) is 35.1 Å². The van der Waals surface area contributed by atoms with Gasteiger partial charge in [-0.05, 0) is 42.5 Å². The average Bonchev–Trinajstić information content (AvgIpc) is 2.80. The third-order valence-corrected chi connectivity index (χ3v) is 5.36.